The summed E-state index contributed by atoms with van der Waals surface area (Å²) in [6.45, 7) is 1.30. The van der Waals surface area contributed by atoms with Crippen LogP contribution in [0.15, 0.2) is 58.5 Å². The van der Waals surface area contributed by atoms with Crippen molar-refractivity contribution < 1.29 is 26.4 Å². The van der Waals surface area contributed by atoms with E-state index in [2.05, 4.69) is 15.3 Å². The molecule has 3 heterocycles. The molecule has 1 amide bonds. The van der Waals surface area contributed by atoms with Crippen molar-refractivity contribution in [3.8, 4) is 11.1 Å². The highest BCUT2D eigenvalue weighted by Crippen LogP contribution is 2.38. The number of aromatic amines is 1. The zero-order valence-corrected chi connectivity index (χ0v) is 18.5. The minimum atomic E-state index is -4.85. The lowest BCUT2D eigenvalue weighted by atomic mass is 10.1. The Bertz CT molecular complexity index is 1590. The van der Waals surface area contributed by atoms with Crippen LogP contribution in [0.3, 0.4) is 0 Å². The standard InChI is InChI=1S/C21H16F3N5O4S/c1-11-14(18(30)27-13-9-6-10-25-19(13)34(2,32)33)20(31)29-17(26-11)15(12-7-4-3-5-8-12)16(28-29)21(22,23)24/h3-10,28H,1-2H3,(H,27,30). The van der Waals surface area contributed by atoms with Gasteiger partial charge in [-0.15, -0.1) is 0 Å². The van der Waals surface area contributed by atoms with Crippen LogP contribution >= 0.6 is 0 Å². The lowest BCUT2D eigenvalue weighted by Gasteiger charge is -2.10. The van der Waals surface area contributed by atoms with E-state index in [1.165, 1.54) is 37.4 Å². The van der Waals surface area contributed by atoms with Crippen molar-refractivity contribution in [2.24, 2.45) is 0 Å². The van der Waals surface area contributed by atoms with Gasteiger partial charge in [0.2, 0.25) is 0 Å². The molecule has 3 aromatic heterocycles. The van der Waals surface area contributed by atoms with Crippen LogP contribution in [0.25, 0.3) is 16.8 Å². The summed E-state index contributed by atoms with van der Waals surface area (Å²) < 4.78 is 65.8. The zero-order chi connectivity index (χ0) is 24.8. The highest BCUT2D eigenvalue weighted by atomic mass is 32.2. The van der Waals surface area contributed by atoms with E-state index in [1.54, 1.807) is 18.2 Å². The van der Waals surface area contributed by atoms with Gasteiger partial charge < -0.3 is 5.32 Å². The number of aryl methyl sites for hydroxylation is 1. The van der Waals surface area contributed by atoms with Gasteiger partial charge in [0.15, 0.2) is 20.5 Å². The second-order valence-electron chi connectivity index (χ2n) is 7.34. The number of carbonyl (C=O) groups excluding carboxylic acids is 1. The summed E-state index contributed by atoms with van der Waals surface area (Å²) >= 11 is 0. The highest BCUT2D eigenvalue weighted by Gasteiger charge is 2.38. The van der Waals surface area contributed by atoms with E-state index in [0.29, 0.717) is 4.52 Å². The van der Waals surface area contributed by atoms with Crippen molar-refractivity contribution in [3.05, 3.63) is 76.0 Å². The van der Waals surface area contributed by atoms with Crippen molar-refractivity contribution in [3.63, 3.8) is 0 Å². The summed E-state index contributed by atoms with van der Waals surface area (Å²) in [6.07, 6.45) is -2.74. The maximum Gasteiger partial charge on any atom is 0.433 e. The summed E-state index contributed by atoms with van der Waals surface area (Å²) in [5.74, 6) is -1.05. The Labute approximate surface area is 190 Å². The molecule has 9 nitrogen and oxygen atoms in total. The lowest BCUT2D eigenvalue weighted by Crippen LogP contribution is -2.29. The van der Waals surface area contributed by atoms with E-state index >= 15 is 0 Å². The number of aromatic nitrogens is 4. The Kier molecular flexibility index (Phi) is 5.52. The van der Waals surface area contributed by atoms with Gasteiger partial charge in [-0.05, 0) is 24.6 Å². The molecule has 4 rings (SSSR count). The number of hydrogen-bond donors (Lipinski definition) is 2. The van der Waals surface area contributed by atoms with Crippen molar-refractivity contribution in [1.82, 2.24) is 19.6 Å². The van der Waals surface area contributed by atoms with E-state index in [9.17, 15) is 31.2 Å². The van der Waals surface area contributed by atoms with Crippen LogP contribution in [0.4, 0.5) is 18.9 Å². The first kappa shape index (κ1) is 23.2. The minimum absolute atomic E-state index is 0.141. The molecule has 0 aliphatic rings. The first-order chi connectivity index (χ1) is 15.9. The summed E-state index contributed by atoms with van der Waals surface area (Å²) in [5.41, 5.74) is -3.66. The molecule has 0 bridgehead atoms. The van der Waals surface area contributed by atoms with Gasteiger partial charge in [0.1, 0.15) is 11.3 Å². The number of alkyl halides is 3. The number of pyridine rings is 1. The molecule has 0 spiro atoms. The Morgan fingerprint density at radius 2 is 1.79 bits per heavy atom. The second-order valence-corrected chi connectivity index (χ2v) is 9.28. The van der Waals surface area contributed by atoms with Gasteiger partial charge in [0.05, 0.1) is 16.9 Å². The molecule has 34 heavy (non-hydrogen) atoms. The van der Waals surface area contributed by atoms with Crippen molar-refractivity contribution in [1.29, 1.82) is 0 Å². The number of H-pyrrole nitrogens is 1. The Balaban J connectivity index is 1.91. The van der Waals surface area contributed by atoms with E-state index < -0.39 is 43.8 Å². The quantitative estimate of drug-likeness (QED) is 0.452. The fourth-order valence-corrected chi connectivity index (χ4v) is 4.26. The number of carbonyl (C=O) groups is 1. The molecule has 13 heteroatoms. The number of hydrogen-bond acceptors (Lipinski definition) is 6. The van der Waals surface area contributed by atoms with Crippen LogP contribution in [0.1, 0.15) is 21.7 Å². The SMILES string of the molecule is Cc1nc2c(-c3ccccc3)c(C(F)(F)F)[nH]n2c(=O)c1C(=O)Nc1cccnc1S(C)(=O)=O. The molecule has 0 radical (unpaired) electrons. The fourth-order valence-electron chi connectivity index (χ4n) is 3.49. The predicted octanol–water partition coefficient (Wildman–Crippen LogP) is 3.07. The number of amides is 1. The summed E-state index contributed by atoms with van der Waals surface area (Å²) in [4.78, 5) is 33.9. The number of rotatable bonds is 4. The van der Waals surface area contributed by atoms with Gasteiger partial charge in [0, 0.05) is 12.5 Å². The van der Waals surface area contributed by atoms with Gasteiger partial charge in [-0.3, -0.25) is 14.7 Å². The second kappa shape index (κ2) is 8.09. The van der Waals surface area contributed by atoms with Crippen LogP contribution in [-0.2, 0) is 16.0 Å². The summed E-state index contributed by atoms with van der Waals surface area (Å²) in [5, 5.41) is 3.88. The topological polar surface area (TPSA) is 126 Å². The smallest absolute Gasteiger partial charge is 0.319 e. The van der Waals surface area contributed by atoms with Gasteiger partial charge in [-0.1, -0.05) is 30.3 Å². The first-order valence-corrected chi connectivity index (χ1v) is 11.5. The molecule has 2 N–H and O–H groups in total. The Hall–Kier alpha value is -4.00. The predicted molar refractivity (Wildman–Crippen MR) is 116 cm³/mol. The number of halogens is 3. The molecule has 0 saturated heterocycles. The first-order valence-electron chi connectivity index (χ1n) is 9.64. The van der Waals surface area contributed by atoms with Crippen molar-refractivity contribution in [2.75, 3.05) is 11.6 Å². The number of sulfone groups is 1. The molecule has 0 saturated carbocycles. The van der Waals surface area contributed by atoms with E-state index in [0.717, 1.165) is 6.26 Å². The third-order valence-electron chi connectivity index (χ3n) is 4.90. The molecule has 0 aliphatic carbocycles. The molecule has 4 aromatic rings. The number of fused-ring (bicyclic) bond motifs is 1. The largest absolute Gasteiger partial charge is 0.433 e. The lowest BCUT2D eigenvalue weighted by molar-refractivity contribution is -0.140. The van der Waals surface area contributed by atoms with Crippen molar-refractivity contribution >= 4 is 27.1 Å². The summed E-state index contributed by atoms with van der Waals surface area (Å²) in [6, 6.07) is 10.2. The Morgan fingerprint density at radius 1 is 1.12 bits per heavy atom. The molecular formula is C21H16F3N5O4S. The normalized spacial score (nSPS) is 12.1. The average Bonchev–Trinajstić information content (AvgIpc) is 3.14. The van der Waals surface area contributed by atoms with E-state index in [1.807, 2.05) is 5.10 Å². The van der Waals surface area contributed by atoms with Gasteiger partial charge >= 0.3 is 6.18 Å². The average molecular weight is 491 g/mol. The summed E-state index contributed by atoms with van der Waals surface area (Å²) in [7, 11) is -3.82. The molecule has 0 fully saturated rings. The molecular weight excluding hydrogens is 475 g/mol. The van der Waals surface area contributed by atoms with E-state index in [-0.39, 0.29) is 28.2 Å². The maximum atomic E-state index is 13.8. The van der Waals surface area contributed by atoms with Crippen LogP contribution in [0.2, 0.25) is 0 Å². The molecule has 0 aliphatic heterocycles. The fraction of sp³-hybridized carbons (Fsp3) is 0.143. The van der Waals surface area contributed by atoms with Crippen molar-refractivity contribution in [2.45, 2.75) is 18.1 Å². The number of nitrogens with one attached hydrogen (secondary N) is 2. The minimum Gasteiger partial charge on any atom is -0.319 e. The van der Waals surface area contributed by atoms with Crippen LogP contribution in [-0.4, -0.2) is 40.2 Å². The molecule has 0 atom stereocenters. The Morgan fingerprint density at radius 3 is 2.41 bits per heavy atom. The maximum absolute atomic E-state index is 13.8. The van der Waals surface area contributed by atoms with Crippen LogP contribution in [0, 0.1) is 6.92 Å². The van der Waals surface area contributed by atoms with E-state index in [4.69, 9.17) is 0 Å². The van der Waals surface area contributed by atoms with Crippen LogP contribution in [0.5, 0.6) is 0 Å². The molecule has 0 unspecified atom stereocenters. The monoisotopic (exact) mass is 491 g/mol. The van der Waals surface area contributed by atoms with Crippen LogP contribution < -0.4 is 10.9 Å². The number of benzene rings is 1. The molecule has 176 valence electrons. The third-order valence-corrected chi connectivity index (χ3v) is 5.93. The third kappa shape index (κ3) is 4.05. The van der Waals surface area contributed by atoms with Gasteiger partial charge in [-0.25, -0.2) is 18.4 Å². The number of nitrogens with zero attached hydrogens (tertiary/aromatic N) is 3. The number of anilines is 1. The zero-order valence-electron chi connectivity index (χ0n) is 17.6. The highest BCUT2D eigenvalue weighted by molar-refractivity contribution is 7.90. The molecule has 1 aromatic carbocycles. The van der Waals surface area contributed by atoms with Gasteiger partial charge in [-0.2, -0.15) is 17.7 Å². The van der Waals surface area contributed by atoms with Gasteiger partial charge in [0.25, 0.3) is 11.5 Å².